The zero-order chi connectivity index (χ0) is 48.0. The van der Waals surface area contributed by atoms with Crippen molar-refractivity contribution in [1.29, 1.82) is 0 Å². The van der Waals surface area contributed by atoms with Gasteiger partial charge in [0.15, 0.2) is 6.10 Å². The number of phosphoric acid groups is 1. The first-order valence-corrected chi connectivity index (χ1v) is 27.8. The van der Waals surface area contributed by atoms with Crippen LogP contribution < -0.4 is 0 Å². The normalized spacial score (nSPS) is 19.8. The fourth-order valence-corrected chi connectivity index (χ4v) is 9.10. The number of hydrogen-bond donors (Lipinski definition) is 4. The first-order valence-electron chi connectivity index (χ1n) is 26.3. The quantitative estimate of drug-likeness (QED) is 0.0151. The van der Waals surface area contributed by atoms with Crippen molar-refractivity contribution < 1.29 is 57.4 Å². The van der Waals surface area contributed by atoms with E-state index in [9.17, 15) is 34.4 Å². The van der Waals surface area contributed by atoms with Crippen LogP contribution in [0.4, 0.5) is 0 Å². The van der Waals surface area contributed by atoms with Crippen molar-refractivity contribution in [3.8, 4) is 0 Å². The number of quaternary nitrogens is 1. The smallest absolute Gasteiger partial charge is 0.462 e. The third kappa shape index (κ3) is 36.1. The molecule has 382 valence electrons. The number of likely N-dealkylation sites (N-methyl/N-ethyl adjacent to an activating group) is 1. The summed E-state index contributed by atoms with van der Waals surface area (Å²) in [5.74, 6) is -1.39. The number of nitrogens with zero attached hydrogens (tertiary/aromatic N) is 1. The molecule has 0 amide bonds. The highest BCUT2D eigenvalue weighted by atomic mass is 31.2. The maximum Gasteiger partial charge on any atom is 0.472 e. The van der Waals surface area contributed by atoms with Crippen molar-refractivity contribution in [2.45, 2.75) is 237 Å². The molecule has 1 unspecified atom stereocenters. The number of carbonyl (C=O) groups excluding carboxylic acids is 2. The maximum atomic E-state index is 12.9. The number of aliphatic hydroxyl groups is 3. The maximum absolute atomic E-state index is 12.9. The predicted octanol–water partition coefficient (Wildman–Crippen LogP) is 11.9. The molecular weight excluding hydrogens is 846 g/mol. The van der Waals surface area contributed by atoms with Gasteiger partial charge in [-0.05, 0) is 38.0 Å². The number of aliphatic hydroxyl groups excluding tert-OH is 3. The van der Waals surface area contributed by atoms with Gasteiger partial charge in [0, 0.05) is 25.2 Å². The first kappa shape index (κ1) is 61.4. The van der Waals surface area contributed by atoms with Crippen LogP contribution in [0.1, 0.15) is 213 Å². The second-order valence-electron chi connectivity index (χ2n) is 19.9. The summed E-state index contributed by atoms with van der Waals surface area (Å²) in [7, 11) is 1.34. The zero-order valence-corrected chi connectivity index (χ0v) is 43.0. The lowest BCUT2D eigenvalue weighted by molar-refractivity contribution is -0.870. The van der Waals surface area contributed by atoms with E-state index in [1.807, 2.05) is 39.4 Å². The summed E-state index contributed by atoms with van der Waals surface area (Å²) < 4.78 is 34.4. The number of hydrogen-bond acceptors (Lipinski definition) is 10. The molecule has 0 aromatic carbocycles. The minimum atomic E-state index is -4.45. The Bertz CT molecular complexity index is 1270. The molecule has 0 aromatic heterocycles. The Morgan fingerprint density at radius 3 is 1.71 bits per heavy atom. The lowest BCUT2D eigenvalue weighted by atomic mass is 9.89. The van der Waals surface area contributed by atoms with Crippen LogP contribution in [0.3, 0.4) is 0 Å². The summed E-state index contributed by atoms with van der Waals surface area (Å²) in [6, 6.07) is 0. The Labute approximate surface area is 396 Å². The van der Waals surface area contributed by atoms with Crippen LogP contribution in [0.2, 0.25) is 0 Å². The van der Waals surface area contributed by atoms with Crippen molar-refractivity contribution in [3.63, 3.8) is 0 Å². The molecule has 0 aliphatic heterocycles. The Morgan fingerprint density at radius 2 is 1.17 bits per heavy atom. The molecule has 0 aromatic rings. The van der Waals surface area contributed by atoms with Crippen molar-refractivity contribution >= 4 is 19.8 Å². The fraction of sp³-hybridized carbons (Fsp3) is 0.885. The van der Waals surface area contributed by atoms with Crippen LogP contribution in [-0.4, -0.2) is 109 Å². The molecule has 1 aliphatic carbocycles. The fourth-order valence-electron chi connectivity index (χ4n) is 8.36. The Morgan fingerprint density at radius 1 is 0.662 bits per heavy atom. The van der Waals surface area contributed by atoms with Crippen LogP contribution >= 0.6 is 7.82 Å². The van der Waals surface area contributed by atoms with Gasteiger partial charge in [0.25, 0.3) is 0 Å². The third-order valence-electron chi connectivity index (χ3n) is 12.6. The number of allylic oxidation sites excluding steroid dienone is 2. The second kappa shape index (κ2) is 39.2. The van der Waals surface area contributed by atoms with E-state index in [0.29, 0.717) is 49.6 Å². The lowest BCUT2D eigenvalue weighted by Crippen LogP contribution is -2.37. The average Bonchev–Trinajstić information content (AvgIpc) is 3.52. The third-order valence-corrected chi connectivity index (χ3v) is 13.5. The van der Waals surface area contributed by atoms with Crippen LogP contribution in [0.15, 0.2) is 24.3 Å². The Kier molecular flexibility index (Phi) is 37.1. The van der Waals surface area contributed by atoms with Gasteiger partial charge in [0.05, 0.1) is 46.1 Å². The van der Waals surface area contributed by atoms with Crippen molar-refractivity contribution in [2.24, 2.45) is 11.8 Å². The molecule has 0 radical (unpaired) electrons. The predicted molar refractivity (Wildman–Crippen MR) is 263 cm³/mol. The van der Waals surface area contributed by atoms with Crippen molar-refractivity contribution in [3.05, 3.63) is 24.3 Å². The molecule has 1 saturated carbocycles. The van der Waals surface area contributed by atoms with Gasteiger partial charge in [-0.15, -0.1) is 0 Å². The van der Waals surface area contributed by atoms with E-state index in [2.05, 4.69) is 13.8 Å². The van der Waals surface area contributed by atoms with Gasteiger partial charge in [-0.1, -0.05) is 186 Å². The number of esters is 2. The monoisotopic (exact) mass is 945 g/mol. The summed E-state index contributed by atoms with van der Waals surface area (Å²) in [6.07, 6.45) is 37.5. The molecule has 12 nitrogen and oxygen atoms in total. The molecule has 1 rings (SSSR count). The largest absolute Gasteiger partial charge is 0.472 e. The van der Waals surface area contributed by atoms with E-state index in [1.165, 1.54) is 109 Å². The highest BCUT2D eigenvalue weighted by molar-refractivity contribution is 7.47. The lowest BCUT2D eigenvalue weighted by Gasteiger charge is -2.24. The van der Waals surface area contributed by atoms with Crippen molar-refractivity contribution in [2.75, 3.05) is 47.5 Å². The molecule has 4 N–H and O–H groups in total. The van der Waals surface area contributed by atoms with E-state index in [0.717, 1.165) is 38.5 Å². The van der Waals surface area contributed by atoms with E-state index >= 15 is 0 Å². The average molecular weight is 945 g/mol. The SMILES string of the molecule is CCCCCCCCCCCCCCCCCCCCCCCC(=O)OC[C@H](COP(=O)(O)OCC[N+](C)(C)C)OC(=O)CCC/C=C/C[C@@H]1[C@@H](/C=C/[C@@H](O)CCCCC)[C@H](O)C[C@@H]1O. The number of ether oxygens (including phenoxy) is 2. The molecule has 1 fully saturated rings. The van der Waals surface area contributed by atoms with E-state index in [1.54, 1.807) is 6.08 Å². The topological polar surface area (TPSA) is 169 Å². The molecule has 1 aliphatic rings. The second-order valence-corrected chi connectivity index (χ2v) is 21.3. The standard InChI is InChI=1S/C52H98NO11P/c1-6-8-10-11-12-13-14-15-16-17-18-19-20-21-22-23-24-25-26-27-32-36-51(57)61-43-46(44-63-65(59,60)62-41-40-53(3,4)5)64-52(58)37-33-29-28-31-35-47-48(50(56)42-49(47)55)39-38-45(54)34-30-9-7-2/h28,31,38-39,45-50,54-56H,6-27,29-30,32-37,40-44H2,1-5H3/p+1/b31-28+,39-38+/t45-,46+,47+,48+,49-,50+/m0/s1. The minimum Gasteiger partial charge on any atom is -0.462 e. The highest BCUT2D eigenvalue weighted by Gasteiger charge is 2.39. The molecule has 0 saturated heterocycles. The molecule has 7 atom stereocenters. The summed E-state index contributed by atoms with van der Waals surface area (Å²) in [6.45, 7) is 4.08. The summed E-state index contributed by atoms with van der Waals surface area (Å²) in [4.78, 5) is 35.7. The molecule has 13 heteroatoms. The number of rotatable bonds is 44. The first-order chi connectivity index (χ1) is 31.2. The van der Waals surface area contributed by atoms with E-state index < -0.39 is 50.8 Å². The molecule has 65 heavy (non-hydrogen) atoms. The van der Waals surface area contributed by atoms with Gasteiger partial charge in [-0.25, -0.2) is 4.57 Å². The van der Waals surface area contributed by atoms with Crippen molar-refractivity contribution in [1.82, 2.24) is 0 Å². The Balaban J connectivity index is 2.38. The van der Waals surface area contributed by atoms with Gasteiger partial charge < -0.3 is 34.2 Å². The van der Waals surface area contributed by atoms with E-state index in [4.69, 9.17) is 18.5 Å². The number of phosphoric ester groups is 1. The van der Waals surface area contributed by atoms with Gasteiger partial charge in [0.1, 0.15) is 19.8 Å². The highest BCUT2D eigenvalue weighted by Crippen LogP contribution is 2.43. The molecule has 0 bridgehead atoms. The van der Waals surface area contributed by atoms with Gasteiger partial charge in [-0.3, -0.25) is 18.6 Å². The summed E-state index contributed by atoms with van der Waals surface area (Å²) in [5.41, 5.74) is 0. The van der Waals surface area contributed by atoms with Crippen LogP contribution in [0.25, 0.3) is 0 Å². The van der Waals surface area contributed by atoms with E-state index in [-0.39, 0.29) is 37.9 Å². The zero-order valence-electron chi connectivity index (χ0n) is 42.1. The van der Waals surface area contributed by atoms with Gasteiger partial charge >= 0.3 is 19.8 Å². The minimum absolute atomic E-state index is 0.0103. The van der Waals surface area contributed by atoms with Gasteiger partial charge in [-0.2, -0.15) is 0 Å². The van der Waals surface area contributed by atoms with Crippen LogP contribution in [0, 0.1) is 11.8 Å². The number of unbranched alkanes of at least 4 members (excludes halogenated alkanes) is 23. The van der Waals surface area contributed by atoms with Crippen LogP contribution in [-0.2, 0) is 32.7 Å². The molecule has 0 heterocycles. The summed E-state index contributed by atoms with van der Waals surface area (Å²) in [5, 5.41) is 31.5. The Hall–Kier alpha value is -1.63. The van der Waals surface area contributed by atoms with Gasteiger partial charge in [0.2, 0.25) is 0 Å². The van der Waals surface area contributed by atoms with Crippen LogP contribution in [0.5, 0.6) is 0 Å². The molecule has 0 spiro atoms. The number of carbonyl (C=O) groups is 2. The molecular formula is C52H99NO11P+. The summed E-state index contributed by atoms with van der Waals surface area (Å²) >= 11 is 0.